The third-order valence-electron chi connectivity index (χ3n) is 4.93. The van der Waals surface area contributed by atoms with Crippen molar-refractivity contribution in [3.8, 4) is 11.3 Å². The first-order valence-corrected chi connectivity index (χ1v) is 9.50. The summed E-state index contributed by atoms with van der Waals surface area (Å²) in [6.45, 7) is 6.16. The Morgan fingerprint density at radius 2 is 1.86 bits per heavy atom. The standard InChI is InChI=1S/C23H22N4O/c1-3-27(4-2)21-12-6-11-19-18-10-5-9-17(14-20(18)26-22(19)21)25-23(28)16-8-7-13-24-15-16/h5-15H,3-4H2,1-2H3,(H,25,28). The molecule has 1 N–H and O–H groups in total. The molecule has 1 aliphatic heterocycles. The van der Waals surface area contributed by atoms with Crippen LogP contribution in [0.15, 0.2) is 67.0 Å². The van der Waals surface area contributed by atoms with E-state index >= 15 is 0 Å². The van der Waals surface area contributed by atoms with Crippen LogP contribution in [0.2, 0.25) is 0 Å². The molecule has 0 radical (unpaired) electrons. The summed E-state index contributed by atoms with van der Waals surface area (Å²) in [6, 6.07) is 17.6. The smallest absolute Gasteiger partial charge is 0.257 e. The molecule has 28 heavy (non-hydrogen) atoms. The van der Waals surface area contributed by atoms with Crippen LogP contribution in [0.5, 0.6) is 0 Å². The van der Waals surface area contributed by atoms with E-state index in [9.17, 15) is 4.79 Å². The summed E-state index contributed by atoms with van der Waals surface area (Å²) in [5.74, 6) is -0.188. The average molecular weight is 370 g/mol. The lowest BCUT2D eigenvalue weighted by Gasteiger charge is -2.21. The quantitative estimate of drug-likeness (QED) is 0.546. The van der Waals surface area contributed by atoms with Crippen LogP contribution in [0.25, 0.3) is 22.2 Å². The summed E-state index contributed by atoms with van der Waals surface area (Å²) in [5.41, 5.74) is 5.30. The molecule has 0 unspecified atom stereocenters. The van der Waals surface area contributed by atoms with Crippen LogP contribution < -0.4 is 10.2 Å². The molecule has 2 aromatic rings. The van der Waals surface area contributed by atoms with E-state index in [0.29, 0.717) is 11.3 Å². The van der Waals surface area contributed by atoms with E-state index in [1.165, 1.54) is 0 Å². The van der Waals surface area contributed by atoms with Gasteiger partial charge in [-0.3, -0.25) is 9.78 Å². The van der Waals surface area contributed by atoms with Gasteiger partial charge in [-0.2, -0.15) is 0 Å². The van der Waals surface area contributed by atoms with Crippen LogP contribution in [0.4, 0.5) is 11.4 Å². The highest BCUT2D eigenvalue weighted by molar-refractivity contribution is 6.06. The second kappa shape index (κ2) is 7.64. The zero-order valence-electron chi connectivity index (χ0n) is 16.0. The van der Waals surface area contributed by atoms with Crippen LogP contribution in [-0.2, 0) is 0 Å². The van der Waals surface area contributed by atoms with Gasteiger partial charge in [-0.25, -0.2) is 4.98 Å². The first-order chi connectivity index (χ1) is 13.7. The fourth-order valence-electron chi connectivity index (χ4n) is 3.51. The number of amides is 1. The molecule has 0 saturated heterocycles. The van der Waals surface area contributed by atoms with E-state index in [1.807, 2.05) is 18.2 Å². The molecule has 140 valence electrons. The molecule has 1 aromatic heterocycles. The highest BCUT2D eigenvalue weighted by Gasteiger charge is 2.16. The fraction of sp³-hybridized carbons (Fsp3) is 0.174. The third-order valence-corrected chi connectivity index (χ3v) is 4.93. The molecule has 5 heteroatoms. The second-order valence-electron chi connectivity index (χ2n) is 6.58. The Balaban J connectivity index is 1.76. The SMILES string of the molecule is CCN(CC)c1cccc2c3cccc(NC(=O)c4cccnc4)cc-3nc12. The Kier molecular flexibility index (Phi) is 4.89. The predicted octanol–water partition coefficient (Wildman–Crippen LogP) is 4.83. The molecule has 1 aliphatic carbocycles. The molecule has 1 amide bonds. The van der Waals surface area contributed by atoms with E-state index in [1.54, 1.807) is 24.5 Å². The van der Waals surface area contributed by atoms with E-state index in [4.69, 9.17) is 4.98 Å². The van der Waals surface area contributed by atoms with Crippen LogP contribution in [-0.4, -0.2) is 29.0 Å². The Labute approximate surface area is 164 Å². The van der Waals surface area contributed by atoms with Crippen LogP contribution in [0.1, 0.15) is 24.2 Å². The molecule has 5 nitrogen and oxygen atoms in total. The van der Waals surface area contributed by atoms with Crippen LogP contribution >= 0.6 is 0 Å². The molecular formula is C23H22N4O. The number of hydrogen-bond donors (Lipinski definition) is 1. The normalized spacial score (nSPS) is 10.9. The first-order valence-electron chi connectivity index (χ1n) is 9.50. The zero-order chi connectivity index (χ0) is 19.5. The maximum Gasteiger partial charge on any atom is 0.257 e. The minimum Gasteiger partial charge on any atom is -0.370 e. The van der Waals surface area contributed by atoms with Gasteiger partial charge in [0.05, 0.1) is 22.5 Å². The highest BCUT2D eigenvalue weighted by atomic mass is 16.1. The van der Waals surface area contributed by atoms with Gasteiger partial charge < -0.3 is 10.2 Å². The molecule has 4 rings (SSSR count). The lowest BCUT2D eigenvalue weighted by atomic mass is 10.1. The fourth-order valence-corrected chi connectivity index (χ4v) is 3.51. The number of pyridine rings is 1. The third kappa shape index (κ3) is 3.27. The number of hydrogen-bond acceptors (Lipinski definition) is 4. The molecule has 0 bridgehead atoms. The lowest BCUT2D eigenvalue weighted by molar-refractivity contribution is 0.102. The van der Waals surface area contributed by atoms with Crippen molar-refractivity contribution in [2.75, 3.05) is 23.3 Å². The Bertz CT molecular complexity index is 1090. The van der Waals surface area contributed by atoms with E-state index in [-0.39, 0.29) is 5.91 Å². The van der Waals surface area contributed by atoms with Gasteiger partial charge in [-0.1, -0.05) is 24.3 Å². The van der Waals surface area contributed by atoms with Gasteiger partial charge >= 0.3 is 0 Å². The van der Waals surface area contributed by atoms with Crippen molar-refractivity contribution in [2.24, 2.45) is 0 Å². The summed E-state index contributed by atoms with van der Waals surface area (Å²) >= 11 is 0. The molecule has 0 spiro atoms. The zero-order valence-corrected chi connectivity index (χ0v) is 16.0. The number of nitrogens with one attached hydrogen (secondary N) is 1. The summed E-state index contributed by atoms with van der Waals surface area (Å²) in [6.07, 6.45) is 3.20. The van der Waals surface area contributed by atoms with Crippen LogP contribution in [0.3, 0.4) is 0 Å². The minimum absolute atomic E-state index is 0.188. The van der Waals surface area contributed by atoms with Gasteiger partial charge in [0.25, 0.3) is 5.91 Å². The number of fused-ring (bicyclic) bond motifs is 3. The predicted molar refractivity (Wildman–Crippen MR) is 114 cm³/mol. The van der Waals surface area contributed by atoms with Gasteiger partial charge in [0.15, 0.2) is 0 Å². The number of benzene rings is 1. The van der Waals surface area contributed by atoms with Crippen molar-refractivity contribution in [3.63, 3.8) is 0 Å². The van der Waals surface area contributed by atoms with E-state index in [0.717, 1.165) is 40.9 Å². The van der Waals surface area contributed by atoms with Crippen molar-refractivity contribution in [1.82, 2.24) is 9.97 Å². The monoisotopic (exact) mass is 370 g/mol. The lowest BCUT2D eigenvalue weighted by Crippen LogP contribution is -2.21. The van der Waals surface area contributed by atoms with Crippen molar-refractivity contribution in [3.05, 3.63) is 72.6 Å². The Hall–Kier alpha value is -3.47. The first kappa shape index (κ1) is 17.9. The Morgan fingerprint density at radius 1 is 1.04 bits per heavy atom. The van der Waals surface area contributed by atoms with Crippen molar-refractivity contribution in [1.29, 1.82) is 0 Å². The number of nitrogens with zero attached hydrogens (tertiary/aromatic N) is 3. The molecule has 1 aromatic carbocycles. The van der Waals surface area contributed by atoms with Gasteiger partial charge in [-0.05, 0) is 44.2 Å². The van der Waals surface area contributed by atoms with Crippen molar-refractivity contribution in [2.45, 2.75) is 13.8 Å². The van der Waals surface area contributed by atoms with Crippen LogP contribution in [0, 0.1) is 0 Å². The topological polar surface area (TPSA) is 58.1 Å². The number of aromatic nitrogens is 2. The molecule has 0 fully saturated rings. The highest BCUT2D eigenvalue weighted by Crippen LogP contribution is 2.36. The molecule has 2 aliphatic rings. The number of anilines is 2. The van der Waals surface area contributed by atoms with E-state index in [2.05, 4.69) is 53.3 Å². The van der Waals surface area contributed by atoms with Gasteiger partial charge in [0.2, 0.25) is 0 Å². The van der Waals surface area contributed by atoms with Crippen molar-refractivity contribution >= 4 is 28.2 Å². The maximum absolute atomic E-state index is 12.5. The van der Waals surface area contributed by atoms with Crippen molar-refractivity contribution < 1.29 is 4.79 Å². The number of rotatable bonds is 5. The Morgan fingerprint density at radius 3 is 2.61 bits per heavy atom. The molecular weight excluding hydrogens is 348 g/mol. The average Bonchev–Trinajstić information content (AvgIpc) is 2.95. The maximum atomic E-state index is 12.5. The molecule has 2 heterocycles. The van der Waals surface area contributed by atoms with Gasteiger partial charge in [0.1, 0.15) is 0 Å². The number of carbonyl (C=O) groups is 1. The van der Waals surface area contributed by atoms with E-state index < -0.39 is 0 Å². The second-order valence-corrected chi connectivity index (χ2v) is 6.58. The molecule has 0 atom stereocenters. The number of para-hydroxylation sites is 1. The minimum atomic E-state index is -0.188. The summed E-state index contributed by atoms with van der Waals surface area (Å²) in [7, 11) is 0. The summed E-state index contributed by atoms with van der Waals surface area (Å²) < 4.78 is 0. The number of carbonyl (C=O) groups excluding carboxylic acids is 1. The summed E-state index contributed by atoms with van der Waals surface area (Å²) in [5, 5.41) is 4.07. The largest absolute Gasteiger partial charge is 0.370 e. The van der Waals surface area contributed by atoms with Gasteiger partial charge in [-0.15, -0.1) is 0 Å². The molecule has 0 saturated carbocycles. The van der Waals surface area contributed by atoms with Gasteiger partial charge in [0, 0.05) is 42.1 Å². The summed E-state index contributed by atoms with van der Waals surface area (Å²) in [4.78, 5) is 23.7.